The summed E-state index contributed by atoms with van der Waals surface area (Å²) in [6.07, 6.45) is 7.42. The van der Waals surface area contributed by atoms with Crippen LogP contribution in [-0.4, -0.2) is 49.6 Å². The lowest BCUT2D eigenvalue weighted by molar-refractivity contribution is 0.116. The van der Waals surface area contributed by atoms with E-state index in [1.54, 1.807) is 7.11 Å². The van der Waals surface area contributed by atoms with Crippen LogP contribution in [-0.2, 0) is 4.74 Å². The molecule has 3 heterocycles. The molecule has 1 spiro atoms. The number of hydrogen-bond donors (Lipinski definition) is 0. The quantitative estimate of drug-likeness (QED) is 0.777. The number of benzene rings is 1. The predicted octanol–water partition coefficient (Wildman–Crippen LogP) is 1.95. The summed E-state index contributed by atoms with van der Waals surface area (Å²) in [4.78, 5) is 10.1. The molecule has 0 saturated carbocycles. The average Bonchev–Trinajstić information content (AvgIpc) is 3.08. The molecule has 4 heteroatoms. The number of nitrogens with zero attached hydrogens (tertiary/aromatic N) is 3. The van der Waals surface area contributed by atoms with Gasteiger partial charge in [-0.05, 0) is 38.1 Å². The number of fused-ring (bicyclic) bond motifs is 4. The van der Waals surface area contributed by atoms with Gasteiger partial charge in [0.15, 0.2) is 0 Å². The van der Waals surface area contributed by atoms with Crippen LogP contribution >= 0.6 is 0 Å². The standard InChI is InChI=1S/C22H25N3O/c1-24-12-10-22(11-13-24)20-16-6-4-5-7-18(16)23-21(20)17-14-15(26-3)8-9-19(17)25(22)2/h4-9H,10-14H2,1-3H3. The minimum absolute atomic E-state index is 0.0334. The fraction of sp³-hybridized carbons (Fsp3) is 0.409. The topological polar surface area (TPSA) is 28.1 Å². The van der Waals surface area contributed by atoms with Gasteiger partial charge in [-0.25, -0.2) is 4.99 Å². The maximum absolute atomic E-state index is 5.56. The molecule has 0 bridgehead atoms. The number of methoxy groups -OCH3 is 1. The van der Waals surface area contributed by atoms with Crippen molar-refractivity contribution in [2.75, 3.05) is 34.3 Å². The van der Waals surface area contributed by atoms with Crippen LogP contribution < -0.4 is 10.6 Å². The summed E-state index contributed by atoms with van der Waals surface area (Å²) in [5.74, 6) is 1.01. The van der Waals surface area contributed by atoms with Crippen LogP contribution in [0.1, 0.15) is 19.3 Å². The van der Waals surface area contributed by atoms with Gasteiger partial charge in [0.1, 0.15) is 5.76 Å². The van der Waals surface area contributed by atoms with Gasteiger partial charge in [0.2, 0.25) is 0 Å². The molecule has 1 aliphatic carbocycles. The van der Waals surface area contributed by atoms with Crippen LogP contribution in [0.3, 0.4) is 0 Å². The summed E-state index contributed by atoms with van der Waals surface area (Å²) in [7, 11) is 6.25. The summed E-state index contributed by atoms with van der Waals surface area (Å²) >= 11 is 0. The molecule has 0 radical (unpaired) electrons. The van der Waals surface area contributed by atoms with Crippen LogP contribution in [0.2, 0.25) is 0 Å². The SMILES string of the molecule is COC1=CC=C2C(=C3N=c4ccccc4=C3C3(CCN(C)CC3)N2C)C1. The van der Waals surface area contributed by atoms with Crippen molar-refractivity contribution in [2.24, 2.45) is 4.99 Å². The molecule has 3 aliphatic heterocycles. The van der Waals surface area contributed by atoms with Crippen molar-refractivity contribution in [1.29, 1.82) is 0 Å². The highest BCUT2D eigenvalue weighted by molar-refractivity contribution is 5.79. The molecule has 0 unspecified atom stereocenters. The second-order valence-electron chi connectivity index (χ2n) is 7.79. The first-order valence-electron chi connectivity index (χ1n) is 9.44. The molecule has 134 valence electrons. The number of likely N-dealkylation sites (N-methyl/N-ethyl adjacent to an activating group) is 1. The van der Waals surface area contributed by atoms with Crippen LogP contribution in [0.15, 0.2) is 64.1 Å². The van der Waals surface area contributed by atoms with E-state index >= 15 is 0 Å². The highest BCUT2D eigenvalue weighted by atomic mass is 16.5. The Hall–Kier alpha value is -2.33. The Balaban J connectivity index is 1.81. The van der Waals surface area contributed by atoms with Crippen molar-refractivity contribution in [3.63, 3.8) is 0 Å². The highest BCUT2D eigenvalue weighted by Crippen LogP contribution is 2.50. The van der Waals surface area contributed by atoms with E-state index in [9.17, 15) is 0 Å². The summed E-state index contributed by atoms with van der Waals surface area (Å²) in [5.41, 5.74) is 5.29. The molecule has 0 atom stereocenters. The Kier molecular flexibility index (Phi) is 3.41. The Labute approximate surface area is 154 Å². The van der Waals surface area contributed by atoms with E-state index in [1.165, 1.54) is 27.8 Å². The maximum Gasteiger partial charge on any atom is 0.100 e. The van der Waals surface area contributed by atoms with Crippen molar-refractivity contribution in [3.8, 4) is 0 Å². The van der Waals surface area contributed by atoms with Crippen LogP contribution in [0.4, 0.5) is 0 Å². The largest absolute Gasteiger partial charge is 0.501 e. The molecule has 0 N–H and O–H groups in total. The number of ether oxygens (including phenoxy) is 1. The molecule has 0 aromatic heterocycles. The zero-order chi connectivity index (χ0) is 17.9. The third-order valence-electron chi connectivity index (χ3n) is 6.56. The Morgan fingerprint density at radius 3 is 2.62 bits per heavy atom. The Morgan fingerprint density at radius 1 is 1.08 bits per heavy atom. The lowest BCUT2D eigenvalue weighted by atomic mass is 9.72. The van der Waals surface area contributed by atoms with Gasteiger partial charge in [-0.1, -0.05) is 18.2 Å². The van der Waals surface area contributed by atoms with Gasteiger partial charge in [-0.15, -0.1) is 0 Å². The van der Waals surface area contributed by atoms with Gasteiger partial charge in [0, 0.05) is 48.6 Å². The van der Waals surface area contributed by atoms with Gasteiger partial charge < -0.3 is 14.5 Å². The zero-order valence-corrected chi connectivity index (χ0v) is 15.7. The van der Waals surface area contributed by atoms with Gasteiger partial charge in [0.25, 0.3) is 0 Å². The maximum atomic E-state index is 5.56. The van der Waals surface area contributed by atoms with Gasteiger partial charge in [0.05, 0.1) is 23.7 Å². The van der Waals surface area contributed by atoms with E-state index in [-0.39, 0.29) is 5.54 Å². The van der Waals surface area contributed by atoms with Gasteiger partial charge in [-0.2, -0.15) is 0 Å². The van der Waals surface area contributed by atoms with Crippen LogP contribution in [0.5, 0.6) is 0 Å². The molecule has 4 aliphatic rings. The van der Waals surface area contributed by atoms with Crippen molar-refractivity contribution in [2.45, 2.75) is 24.8 Å². The molecule has 1 fully saturated rings. The third kappa shape index (κ3) is 2.02. The smallest absolute Gasteiger partial charge is 0.100 e. The summed E-state index contributed by atoms with van der Waals surface area (Å²) in [6, 6.07) is 8.63. The number of allylic oxidation sites excluding steroid dienone is 4. The number of likely N-dealkylation sites (tertiary alicyclic amines) is 1. The highest BCUT2D eigenvalue weighted by Gasteiger charge is 2.49. The predicted molar refractivity (Wildman–Crippen MR) is 103 cm³/mol. The van der Waals surface area contributed by atoms with E-state index in [0.29, 0.717) is 0 Å². The summed E-state index contributed by atoms with van der Waals surface area (Å²) in [6.45, 7) is 2.23. The van der Waals surface area contributed by atoms with Crippen molar-refractivity contribution in [1.82, 2.24) is 9.80 Å². The van der Waals surface area contributed by atoms with Crippen molar-refractivity contribution in [3.05, 3.63) is 69.7 Å². The lowest BCUT2D eigenvalue weighted by Crippen LogP contribution is -2.57. The van der Waals surface area contributed by atoms with E-state index in [2.05, 4.69) is 60.3 Å². The lowest BCUT2D eigenvalue weighted by Gasteiger charge is -2.53. The number of hydrogen-bond acceptors (Lipinski definition) is 4. The molecule has 5 rings (SSSR count). The van der Waals surface area contributed by atoms with Gasteiger partial charge >= 0.3 is 0 Å². The van der Waals surface area contributed by atoms with E-state index < -0.39 is 0 Å². The first-order chi connectivity index (χ1) is 12.6. The first-order valence-corrected chi connectivity index (χ1v) is 9.44. The average molecular weight is 347 g/mol. The minimum Gasteiger partial charge on any atom is -0.501 e. The summed E-state index contributed by atoms with van der Waals surface area (Å²) < 4.78 is 5.56. The first kappa shape index (κ1) is 15.9. The zero-order valence-electron chi connectivity index (χ0n) is 15.7. The fourth-order valence-corrected chi connectivity index (χ4v) is 5.00. The van der Waals surface area contributed by atoms with Crippen LogP contribution in [0.25, 0.3) is 5.57 Å². The van der Waals surface area contributed by atoms with Crippen molar-refractivity contribution >= 4 is 5.57 Å². The molecule has 1 saturated heterocycles. The van der Waals surface area contributed by atoms with E-state index in [4.69, 9.17) is 9.73 Å². The molecule has 4 nitrogen and oxygen atoms in total. The molecular weight excluding hydrogens is 322 g/mol. The molecular formula is C22H25N3O. The Morgan fingerprint density at radius 2 is 1.85 bits per heavy atom. The molecule has 0 amide bonds. The van der Waals surface area contributed by atoms with E-state index in [1.807, 2.05) is 0 Å². The third-order valence-corrected chi connectivity index (χ3v) is 6.56. The van der Waals surface area contributed by atoms with Crippen molar-refractivity contribution < 1.29 is 4.74 Å². The minimum atomic E-state index is 0.0334. The monoisotopic (exact) mass is 347 g/mol. The number of para-hydroxylation sites is 1. The normalized spacial score (nSPS) is 23.8. The fourth-order valence-electron chi connectivity index (χ4n) is 5.00. The molecule has 1 aromatic rings. The summed E-state index contributed by atoms with van der Waals surface area (Å²) in [5, 5.41) is 2.44. The van der Waals surface area contributed by atoms with Gasteiger partial charge in [-0.3, -0.25) is 0 Å². The molecule has 26 heavy (non-hydrogen) atoms. The van der Waals surface area contributed by atoms with E-state index in [0.717, 1.165) is 43.5 Å². The number of rotatable bonds is 1. The Bertz CT molecular complexity index is 990. The number of piperidine rings is 1. The van der Waals surface area contributed by atoms with Crippen LogP contribution in [0, 0.1) is 0 Å². The second-order valence-corrected chi connectivity index (χ2v) is 7.79. The second kappa shape index (κ2) is 5.58. The molecule has 1 aromatic carbocycles.